The lowest BCUT2D eigenvalue weighted by molar-refractivity contribution is -0.137. The largest absolute Gasteiger partial charge is 0.417 e. The van der Waals surface area contributed by atoms with Crippen LogP contribution < -0.4 is 10.6 Å². The van der Waals surface area contributed by atoms with Crippen molar-refractivity contribution in [3.8, 4) is 0 Å². The molecule has 1 heterocycles. The van der Waals surface area contributed by atoms with Gasteiger partial charge in [-0.05, 0) is 17.2 Å². The fourth-order valence-corrected chi connectivity index (χ4v) is 2.46. The number of urea groups is 1. The van der Waals surface area contributed by atoms with Gasteiger partial charge in [0.15, 0.2) is 0 Å². The van der Waals surface area contributed by atoms with Gasteiger partial charge in [-0.25, -0.2) is 4.79 Å². The number of rotatable bonds is 1. The van der Waals surface area contributed by atoms with Crippen molar-refractivity contribution in [1.29, 1.82) is 0 Å². The lowest BCUT2D eigenvalue weighted by Gasteiger charge is -2.20. The number of alkyl halides is 3. The first-order chi connectivity index (χ1) is 9.45. The highest BCUT2D eigenvalue weighted by Gasteiger charge is 2.35. The monoisotopic (exact) mass is 280 g/mol. The van der Waals surface area contributed by atoms with Crippen LogP contribution in [0.4, 0.5) is 18.0 Å². The van der Waals surface area contributed by atoms with E-state index in [-0.39, 0.29) is 23.7 Å². The number of hydrogen-bond acceptors (Lipinski definition) is 1. The summed E-state index contributed by atoms with van der Waals surface area (Å²) in [4.78, 5) is 11.2. The van der Waals surface area contributed by atoms with Crippen molar-refractivity contribution < 1.29 is 18.0 Å². The molecular weight excluding hydrogens is 269 g/mol. The molecule has 2 unspecified atom stereocenters. The molecule has 3 nitrogen and oxygen atoms in total. The molecule has 1 aromatic rings. The van der Waals surface area contributed by atoms with Crippen molar-refractivity contribution >= 4 is 11.6 Å². The summed E-state index contributed by atoms with van der Waals surface area (Å²) < 4.78 is 39.0. The van der Waals surface area contributed by atoms with Crippen LogP contribution in [-0.2, 0) is 6.18 Å². The maximum Gasteiger partial charge on any atom is 0.417 e. The van der Waals surface area contributed by atoms with Crippen LogP contribution in [0.25, 0.3) is 5.57 Å². The number of fused-ring (bicyclic) bond motifs is 1. The first-order valence-corrected chi connectivity index (χ1v) is 6.09. The second kappa shape index (κ2) is 4.40. The summed E-state index contributed by atoms with van der Waals surface area (Å²) in [6, 6.07) is 4.59. The molecule has 20 heavy (non-hydrogen) atoms. The minimum absolute atomic E-state index is 0.121. The Morgan fingerprint density at radius 2 is 1.75 bits per heavy atom. The Hall–Kier alpha value is -2.24. The van der Waals surface area contributed by atoms with E-state index in [1.54, 1.807) is 24.3 Å². The van der Waals surface area contributed by atoms with Crippen molar-refractivity contribution in [2.45, 2.75) is 18.3 Å². The summed E-state index contributed by atoms with van der Waals surface area (Å²) >= 11 is 0. The van der Waals surface area contributed by atoms with E-state index >= 15 is 0 Å². The number of allylic oxidation sites excluding steroid dienone is 2. The van der Waals surface area contributed by atoms with Gasteiger partial charge in [-0.15, -0.1) is 0 Å². The summed E-state index contributed by atoms with van der Waals surface area (Å²) in [7, 11) is 0. The lowest BCUT2D eigenvalue weighted by Crippen LogP contribution is -2.31. The third-order valence-electron chi connectivity index (χ3n) is 3.37. The summed E-state index contributed by atoms with van der Waals surface area (Å²) in [5.41, 5.74) is -0.0920. The molecular formula is C14H11F3N2O. The van der Waals surface area contributed by atoms with Crippen LogP contribution in [0.5, 0.6) is 0 Å². The maximum absolute atomic E-state index is 13.0. The molecule has 2 atom stereocenters. The van der Waals surface area contributed by atoms with Crippen LogP contribution in [-0.4, -0.2) is 18.1 Å². The number of hydrogen-bond donors (Lipinski definition) is 2. The minimum Gasteiger partial charge on any atom is -0.330 e. The second-order valence-corrected chi connectivity index (χ2v) is 4.69. The molecule has 1 aromatic carbocycles. The Morgan fingerprint density at radius 1 is 1.05 bits per heavy atom. The molecule has 0 spiro atoms. The normalized spacial score (nSPS) is 24.8. The van der Waals surface area contributed by atoms with E-state index < -0.39 is 11.7 Å². The molecule has 0 radical (unpaired) electrons. The predicted molar refractivity (Wildman–Crippen MR) is 67.8 cm³/mol. The molecule has 3 rings (SSSR count). The molecule has 1 aliphatic heterocycles. The minimum atomic E-state index is -4.40. The first kappa shape index (κ1) is 12.8. The van der Waals surface area contributed by atoms with E-state index in [4.69, 9.17) is 0 Å². The lowest BCUT2D eigenvalue weighted by atomic mass is 9.91. The molecule has 1 aliphatic carbocycles. The average Bonchev–Trinajstić information content (AvgIpc) is 2.76. The zero-order valence-corrected chi connectivity index (χ0v) is 10.2. The van der Waals surface area contributed by atoms with Crippen LogP contribution in [0.1, 0.15) is 11.1 Å². The van der Waals surface area contributed by atoms with Crippen molar-refractivity contribution in [3.05, 3.63) is 53.6 Å². The van der Waals surface area contributed by atoms with Gasteiger partial charge in [0.2, 0.25) is 0 Å². The highest BCUT2D eigenvalue weighted by Crippen LogP contribution is 2.36. The Kier molecular flexibility index (Phi) is 2.81. The van der Waals surface area contributed by atoms with Gasteiger partial charge < -0.3 is 10.6 Å². The molecule has 1 fully saturated rings. The quantitative estimate of drug-likeness (QED) is 0.816. The number of amides is 2. The van der Waals surface area contributed by atoms with Gasteiger partial charge in [0.25, 0.3) is 0 Å². The third kappa shape index (κ3) is 2.17. The number of carbonyl (C=O) groups is 1. The molecule has 1 saturated heterocycles. The summed E-state index contributed by atoms with van der Waals surface area (Å²) in [5.74, 6) is 0. The van der Waals surface area contributed by atoms with E-state index in [2.05, 4.69) is 10.6 Å². The standard InChI is InChI=1S/C14H11F3N2O/c15-14(16,17)10-4-2-1-3-9(10)8-5-6-11-12(7-8)19-13(20)18-11/h1-7,11-12H,(H2,18,19,20). The van der Waals surface area contributed by atoms with Gasteiger partial charge in [-0.2, -0.15) is 13.2 Å². The van der Waals surface area contributed by atoms with Gasteiger partial charge in [0, 0.05) is 0 Å². The smallest absolute Gasteiger partial charge is 0.330 e. The number of nitrogens with one attached hydrogen (secondary N) is 2. The third-order valence-corrected chi connectivity index (χ3v) is 3.37. The van der Waals surface area contributed by atoms with Crippen molar-refractivity contribution in [1.82, 2.24) is 10.6 Å². The van der Waals surface area contributed by atoms with Gasteiger partial charge in [-0.1, -0.05) is 36.4 Å². The topological polar surface area (TPSA) is 41.1 Å². The number of benzene rings is 1. The van der Waals surface area contributed by atoms with E-state index in [9.17, 15) is 18.0 Å². The number of halogens is 3. The fraction of sp³-hybridized carbons (Fsp3) is 0.214. The Bertz CT molecular complexity index is 619. The van der Waals surface area contributed by atoms with Crippen molar-refractivity contribution in [2.24, 2.45) is 0 Å². The molecule has 6 heteroatoms. The van der Waals surface area contributed by atoms with Crippen LogP contribution >= 0.6 is 0 Å². The highest BCUT2D eigenvalue weighted by molar-refractivity contribution is 5.83. The summed E-state index contributed by atoms with van der Waals surface area (Å²) in [6.45, 7) is 0. The molecule has 2 amide bonds. The van der Waals surface area contributed by atoms with Crippen molar-refractivity contribution in [3.63, 3.8) is 0 Å². The molecule has 2 N–H and O–H groups in total. The van der Waals surface area contributed by atoms with Crippen molar-refractivity contribution in [2.75, 3.05) is 0 Å². The second-order valence-electron chi connectivity index (χ2n) is 4.69. The summed E-state index contributed by atoms with van der Waals surface area (Å²) in [5, 5.41) is 5.32. The SMILES string of the molecule is O=C1NC2C=CC(c3ccccc3C(F)(F)F)=CC2N1. The average molecular weight is 280 g/mol. The van der Waals surface area contributed by atoms with E-state index in [1.807, 2.05) is 0 Å². The van der Waals surface area contributed by atoms with Gasteiger partial charge >= 0.3 is 12.2 Å². The van der Waals surface area contributed by atoms with E-state index in [0.717, 1.165) is 6.07 Å². The Morgan fingerprint density at radius 3 is 2.50 bits per heavy atom. The molecule has 104 valence electrons. The first-order valence-electron chi connectivity index (χ1n) is 6.09. The molecule has 2 aliphatic rings. The Balaban J connectivity index is 2.01. The Labute approximate surface area is 113 Å². The van der Waals surface area contributed by atoms with Crippen LogP contribution in [0.15, 0.2) is 42.5 Å². The van der Waals surface area contributed by atoms with Crippen LogP contribution in [0, 0.1) is 0 Å². The maximum atomic E-state index is 13.0. The highest BCUT2D eigenvalue weighted by atomic mass is 19.4. The molecule has 0 bridgehead atoms. The van der Waals surface area contributed by atoms with Gasteiger partial charge in [0.1, 0.15) is 0 Å². The summed E-state index contributed by atoms with van der Waals surface area (Å²) in [6.07, 6.45) is 0.552. The predicted octanol–water partition coefficient (Wildman–Crippen LogP) is 2.71. The van der Waals surface area contributed by atoms with Gasteiger partial charge in [-0.3, -0.25) is 0 Å². The van der Waals surface area contributed by atoms with E-state index in [1.165, 1.54) is 12.1 Å². The van der Waals surface area contributed by atoms with Gasteiger partial charge in [0.05, 0.1) is 17.6 Å². The zero-order chi connectivity index (χ0) is 14.3. The molecule has 0 aromatic heterocycles. The van der Waals surface area contributed by atoms with Crippen LogP contribution in [0.2, 0.25) is 0 Å². The van der Waals surface area contributed by atoms with Crippen LogP contribution in [0.3, 0.4) is 0 Å². The fourth-order valence-electron chi connectivity index (χ4n) is 2.46. The number of carbonyl (C=O) groups excluding carboxylic acids is 1. The zero-order valence-electron chi connectivity index (χ0n) is 10.2. The molecule has 0 saturated carbocycles. The van der Waals surface area contributed by atoms with E-state index in [0.29, 0.717) is 5.57 Å².